The van der Waals surface area contributed by atoms with E-state index in [0.717, 1.165) is 42.4 Å². The van der Waals surface area contributed by atoms with Crippen molar-refractivity contribution in [2.24, 2.45) is 11.8 Å². The van der Waals surface area contributed by atoms with Gasteiger partial charge in [0.05, 0.1) is 42.9 Å². The van der Waals surface area contributed by atoms with Crippen LogP contribution in [0.1, 0.15) is 115 Å². The van der Waals surface area contributed by atoms with Crippen molar-refractivity contribution in [2.45, 2.75) is 117 Å². The van der Waals surface area contributed by atoms with Gasteiger partial charge in [-0.15, -0.1) is 6.42 Å². The number of rotatable bonds is 22. The second kappa shape index (κ2) is 22.7. The highest BCUT2D eigenvalue weighted by Crippen LogP contribution is 2.43. The highest BCUT2D eigenvalue weighted by Gasteiger charge is 2.50. The van der Waals surface area contributed by atoms with Crippen molar-refractivity contribution in [3.8, 4) is 29.5 Å². The summed E-state index contributed by atoms with van der Waals surface area (Å²) in [4.78, 5) is 50.7. The van der Waals surface area contributed by atoms with Crippen LogP contribution in [0.2, 0.25) is 0 Å². The minimum atomic E-state index is -4.69. The largest absolute Gasteiger partial charge is 0.494 e. The molecule has 0 saturated carbocycles. The van der Waals surface area contributed by atoms with Crippen LogP contribution in [0.25, 0.3) is 5.69 Å². The molecule has 13 nitrogen and oxygen atoms in total. The Morgan fingerprint density at radius 2 is 1.56 bits per heavy atom. The van der Waals surface area contributed by atoms with Crippen LogP contribution in [0.5, 0.6) is 11.5 Å². The monoisotopic (exact) mass is 990 g/mol. The van der Waals surface area contributed by atoms with E-state index in [-0.39, 0.29) is 46.5 Å². The number of Topliss-reactive ketones (excluding diaryl/α,β-unsaturated/α-hetero) is 1. The van der Waals surface area contributed by atoms with Gasteiger partial charge in [-0.2, -0.15) is 18.3 Å². The number of halogens is 3. The number of anilines is 2. The standard InChI is InChI=1S/C56H66F3N7O6/c1-10-42-15-20-46(33-49(42)56(57,58)59)65-41(7)66(55(8,9)54(65)69)45-21-23-47(24-22-45)71-29-13-11-12-27-70-28-14-30-72-48-34-61-64(36-48)52(37(2)3)53(68)63-35-38(4)31-50(63)51(67)32-39(5)43-16-18-44(19-17-43)62-26-25-60-40(62)6/h1,15-26,33-34,36-39,50,52H,7,11-14,27-32,35H2,2-6,8-9H3/t38-,39-,50+,52-/m1/s1. The Morgan fingerprint density at radius 3 is 2.22 bits per heavy atom. The third-order valence-electron chi connectivity index (χ3n) is 13.5. The molecule has 0 bridgehead atoms. The summed E-state index contributed by atoms with van der Waals surface area (Å²) in [7, 11) is 0. The molecule has 3 aromatic carbocycles. The van der Waals surface area contributed by atoms with Gasteiger partial charge in [0.25, 0.3) is 5.91 Å². The molecule has 2 fully saturated rings. The molecule has 382 valence electrons. The smallest absolute Gasteiger partial charge is 0.417 e. The molecule has 2 aromatic heterocycles. The molecule has 0 spiro atoms. The van der Waals surface area contributed by atoms with Gasteiger partial charge in [-0.1, -0.05) is 52.3 Å². The van der Waals surface area contributed by atoms with E-state index < -0.39 is 35.3 Å². The van der Waals surface area contributed by atoms with Crippen LogP contribution in [0, 0.1) is 31.1 Å². The van der Waals surface area contributed by atoms with Crippen molar-refractivity contribution < 1.29 is 41.8 Å². The SMILES string of the molecule is C#Cc1ccc(N2C(=C)N(c3ccc(OCCCCCOCCCOc4cnn([C@@H](C(=O)N5C[C@H](C)C[C@H]5C(=O)C[C@@H](C)c5ccc(-n6ccnc6C)cc5)C(C)C)c4)cc3)C(C)(C)C2=O)cc1C(F)(F)F. The lowest BCUT2D eigenvalue weighted by atomic mass is 9.91. The maximum atomic E-state index is 14.3. The quantitative estimate of drug-likeness (QED) is 0.0492. The highest BCUT2D eigenvalue weighted by molar-refractivity contribution is 6.09. The summed E-state index contributed by atoms with van der Waals surface area (Å²) in [5, 5.41) is 4.54. The zero-order valence-corrected chi connectivity index (χ0v) is 42.3. The van der Waals surface area contributed by atoms with Gasteiger partial charge in [0.2, 0.25) is 5.91 Å². The van der Waals surface area contributed by atoms with E-state index in [0.29, 0.717) is 69.4 Å². The predicted molar refractivity (Wildman–Crippen MR) is 271 cm³/mol. The number of amides is 2. The Morgan fingerprint density at radius 1 is 0.903 bits per heavy atom. The fourth-order valence-electron chi connectivity index (χ4n) is 9.68. The van der Waals surface area contributed by atoms with E-state index in [4.69, 9.17) is 20.6 Å². The summed E-state index contributed by atoms with van der Waals surface area (Å²) in [6.07, 6.45) is 11.9. The van der Waals surface area contributed by atoms with Crippen molar-refractivity contribution in [1.82, 2.24) is 24.2 Å². The van der Waals surface area contributed by atoms with Gasteiger partial charge in [0.15, 0.2) is 11.5 Å². The minimum absolute atomic E-state index is 0.00451. The molecule has 16 heteroatoms. The molecule has 0 N–H and O–H groups in total. The number of carbonyl (C=O) groups is 3. The number of alkyl halides is 3. The molecule has 4 heterocycles. The van der Waals surface area contributed by atoms with Crippen molar-refractivity contribution >= 4 is 29.0 Å². The number of benzene rings is 3. The zero-order chi connectivity index (χ0) is 51.9. The first-order valence-electron chi connectivity index (χ1n) is 24.7. The number of carbonyl (C=O) groups excluding carboxylic acids is 3. The van der Waals surface area contributed by atoms with Crippen LogP contribution in [0.15, 0.2) is 104 Å². The average molecular weight is 990 g/mol. The van der Waals surface area contributed by atoms with E-state index in [9.17, 15) is 27.6 Å². The summed E-state index contributed by atoms with van der Waals surface area (Å²) < 4.78 is 62.9. The minimum Gasteiger partial charge on any atom is -0.494 e. The molecule has 0 unspecified atom stereocenters. The summed E-state index contributed by atoms with van der Waals surface area (Å²) in [6, 6.07) is 17.8. The van der Waals surface area contributed by atoms with E-state index >= 15 is 0 Å². The summed E-state index contributed by atoms with van der Waals surface area (Å²) in [5.41, 5.74) is 0.308. The number of likely N-dealkylation sites (tertiary alicyclic amines) is 1. The summed E-state index contributed by atoms with van der Waals surface area (Å²) in [5.74, 6) is 4.06. The highest BCUT2D eigenvalue weighted by atomic mass is 19.4. The zero-order valence-electron chi connectivity index (χ0n) is 42.3. The number of aryl methyl sites for hydroxylation is 1. The van der Waals surface area contributed by atoms with Gasteiger partial charge in [-0.05, 0) is 124 Å². The number of aromatic nitrogens is 4. The molecule has 4 atom stereocenters. The molecule has 2 aliphatic rings. The number of nitrogens with zero attached hydrogens (tertiary/aromatic N) is 7. The molecule has 5 aromatic rings. The first kappa shape index (κ1) is 53.0. The van der Waals surface area contributed by atoms with Crippen LogP contribution >= 0.6 is 0 Å². The normalized spacial score (nSPS) is 17.7. The van der Waals surface area contributed by atoms with Crippen molar-refractivity contribution in [3.63, 3.8) is 0 Å². The Bertz CT molecular complexity index is 2740. The first-order valence-corrected chi connectivity index (χ1v) is 24.7. The average Bonchev–Trinajstić information content (AvgIpc) is 4.13. The Kier molecular flexibility index (Phi) is 16.7. The number of imidazole rings is 1. The molecule has 2 saturated heterocycles. The van der Waals surface area contributed by atoms with Gasteiger partial charge in [0, 0.05) is 61.9 Å². The fraction of sp³-hybridized carbons (Fsp3) is 0.446. The lowest BCUT2D eigenvalue weighted by molar-refractivity contribution is -0.141. The molecular weight excluding hydrogens is 924 g/mol. The van der Waals surface area contributed by atoms with Gasteiger partial charge >= 0.3 is 6.18 Å². The predicted octanol–water partition coefficient (Wildman–Crippen LogP) is 10.7. The summed E-state index contributed by atoms with van der Waals surface area (Å²) in [6.45, 7) is 20.1. The van der Waals surface area contributed by atoms with Crippen molar-refractivity contribution in [2.75, 3.05) is 42.8 Å². The van der Waals surface area contributed by atoms with Gasteiger partial charge in [0.1, 0.15) is 29.0 Å². The number of unbranched alkanes of at least 4 members (excludes halogenated alkanes) is 2. The van der Waals surface area contributed by atoms with Crippen molar-refractivity contribution in [3.05, 3.63) is 126 Å². The van der Waals surface area contributed by atoms with Gasteiger partial charge in [-0.3, -0.25) is 24.0 Å². The van der Waals surface area contributed by atoms with Crippen LogP contribution < -0.4 is 19.3 Å². The molecule has 0 aliphatic carbocycles. The maximum Gasteiger partial charge on any atom is 0.417 e. The Balaban J connectivity index is 0.796. The summed E-state index contributed by atoms with van der Waals surface area (Å²) >= 11 is 0. The maximum absolute atomic E-state index is 14.3. The number of hydrogen-bond acceptors (Lipinski definition) is 9. The number of ketones is 1. The molecule has 72 heavy (non-hydrogen) atoms. The number of hydrogen-bond donors (Lipinski definition) is 0. The lowest BCUT2D eigenvalue weighted by Crippen LogP contribution is -2.45. The second-order valence-electron chi connectivity index (χ2n) is 19.7. The molecule has 2 amide bonds. The van der Waals surface area contributed by atoms with E-state index in [1.165, 1.54) is 17.0 Å². The number of ether oxygens (including phenoxy) is 3. The van der Waals surface area contributed by atoms with Crippen LogP contribution in [0.4, 0.5) is 24.5 Å². The number of terminal acetylenes is 1. The van der Waals surface area contributed by atoms with Crippen LogP contribution in [-0.4, -0.2) is 86.4 Å². The van der Waals surface area contributed by atoms with Crippen LogP contribution in [-0.2, 0) is 25.3 Å². The topological polar surface area (TPSA) is 124 Å². The van der Waals surface area contributed by atoms with Gasteiger partial charge < -0.3 is 28.6 Å². The molecule has 0 radical (unpaired) electrons. The van der Waals surface area contributed by atoms with E-state index in [1.807, 2.05) is 43.7 Å². The Labute approximate surface area is 420 Å². The van der Waals surface area contributed by atoms with E-state index in [2.05, 4.69) is 48.6 Å². The fourth-order valence-corrected chi connectivity index (χ4v) is 9.68. The molecule has 2 aliphatic heterocycles. The third kappa shape index (κ3) is 11.9. The van der Waals surface area contributed by atoms with E-state index in [1.54, 1.807) is 71.2 Å². The first-order chi connectivity index (χ1) is 34.3. The van der Waals surface area contributed by atoms with Gasteiger partial charge in [-0.25, -0.2) is 4.98 Å². The Hall–Kier alpha value is -6.86. The molecular formula is C56H66F3N7O6. The molecule has 7 rings (SSSR count). The lowest BCUT2D eigenvalue weighted by Gasteiger charge is -2.30. The second-order valence-corrected chi connectivity index (χ2v) is 19.7. The van der Waals surface area contributed by atoms with Crippen LogP contribution in [0.3, 0.4) is 0 Å². The third-order valence-corrected chi connectivity index (χ3v) is 13.5. The van der Waals surface area contributed by atoms with Crippen molar-refractivity contribution in [1.29, 1.82) is 0 Å².